The number of hydrogen-bond acceptors (Lipinski definition) is 6. The molecule has 222 valence electrons. The van der Waals surface area contributed by atoms with E-state index < -0.39 is 11.7 Å². The topological polar surface area (TPSA) is 80.9 Å². The number of anilines is 1. The van der Waals surface area contributed by atoms with Crippen molar-refractivity contribution in [1.29, 1.82) is 0 Å². The molecule has 7 nitrogen and oxygen atoms in total. The summed E-state index contributed by atoms with van der Waals surface area (Å²) < 4.78 is 25.2. The van der Waals surface area contributed by atoms with Gasteiger partial charge in [-0.3, -0.25) is 9.69 Å². The molecular weight excluding hydrogens is 555 g/mol. The van der Waals surface area contributed by atoms with E-state index in [1.807, 2.05) is 38.1 Å². The lowest BCUT2D eigenvalue weighted by Crippen LogP contribution is -2.38. The van der Waals surface area contributed by atoms with Crippen LogP contribution in [0.15, 0.2) is 78.7 Å². The molecule has 2 heterocycles. The molecular formula is C33H38ClFN4O3. The van der Waals surface area contributed by atoms with E-state index >= 15 is 0 Å². The maximum atomic E-state index is 14.1. The minimum atomic E-state index is -0.465. The van der Waals surface area contributed by atoms with Crippen molar-refractivity contribution < 1.29 is 18.7 Å². The highest BCUT2D eigenvalue weighted by Crippen LogP contribution is 2.30. The van der Waals surface area contributed by atoms with Crippen molar-refractivity contribution in [2.24, 2.45) is 5.73 Å². The van der Waals surface area contributed by atoms with Crippen molar-refractivity contribution in [3.05, 3.63) is 112 Å². The molecule has 1 aromatic heterocycles. The van der Waals surface area contributed by atoms with Crippen LogP contribution in [0.25, 0.3) is 0 Å². The van der Waals surface area contributed by atoms with Crippen LogP contribution in [0.2, 0.25) is 5.02 Å². The molecule has 0 spiro atoms. The van der Waals surface area contributed by atoms with Gasteiger partial charge in [0.05, 0.1) is 13.4 Å². The largest absolute Gasteiger partial charge is 0.504 e. The summed E-state index contributed by atoms with van der Waals surface area (Å²) in [6, 6.07) is 15.8. The van der Waals surface area contributed by atoms with E-state index in [4.69, 9.17) is 31.8 Å². The molecule has 3 aromatic rings. The summed E-state index contributed by atoms with van der Waals surface area (Å²) in [4.78, 5) is 21.1. The van der Waals surface area contributed by atoms with Crippen molar-refractivity contribution in [2.75, 3.05) is 38.2 Å². The number of aryl methyl sites for hydroxylation is 1. The molecule has 1 saturated heterocycles. The SMILES string of the molecule is C=C(CN1CCC(c2cccc(OCc3ccc(Cl)cc3F)n2)CC1)N(C/C(C)=C/OC)c1cc(C(N)=O)ccc1C. The predicted octanol–water partition coefficient (Wildman–Crippen LogP) is 6.61. The first-order valence-corrected chi connectivity index (χ1v) is 14.3. The average Bonchev–Trinajstić information content (AvgIpc) is 2.96. The van der Waals surface area contributed by atoms with E-state index in [9.17, 15) is 9.18 Å². The lowest BCUT2D eigenvalue weighted by atomic mass is 9.93. The van der Waals surface area contributed by atoms with Crippen molar-refractivity contribution in [2.45, 2.75) is 39.2 Å². The van der Waals surface area contributed by atoms with Gasteiger partial charge in [-0.1, -0.05) is 36.4 Å². The van der Waals surface area contributed by atoms with E-state index in [0.717, 1.165) is 54.1 Å². The third-order valence-electron chi connectivity index (χ3n) is 7.44. The summed E-state index contributed by atoms with van der Waals surface area (Å²) >= 11 is 5.85. The van der Waals surface area contributed by atoms with Crippen molar-refractivity contribution in [1.82, 2.24) is 9.88 Å². The number of aromatic nitrogens is 1. The van der Waals surface area contributed by atoms with Gasteiger partial charge in [0.2, 0.25) is 11.8 Å². The molecule has 0 aliphatic carbocycles. The minimum absolute atomic E-state index is 0.0807. The molecule has 0 atom stereocenters. The number of methoxy groups -OCH3 is 1. The van der Waals surface area contributed by atoms with Gasteiger partial charge >= 0.3 is 0 Å². The number of likely N-dealkylation sites (tertiary alicyclic amines) is 1. The molecule has 0 saturated carbocycles. The Morgan fingerprint density at radius 1 is 1.21 bits per heavy atom. The Balaban J connectivity index is 1.39. The van der Waals surface area contributed by atoms with Crippen LogP contribution in [0.5, 0.6) is 5.88 Å². The molecule has 1 amide bonds. The van der Waals surface area contributed by atoms with Crippen LogP contribution in [0, 0.1) is 12.7 Å². The number of primary amides is 1. The van der Waals surface area contributed by atoms with Gasteiger partial charge in [-0.25, -0.2) is 9.37 Å². The van der Waals surface area contributed by atoms with Crippen LogP contribution in [-0.2, 0) is 11.3 Å². The zero-order chi connectivity index (χ0) is 30.2. The first kappa shape index (κ1) is 31.1. The molecule has 42 heavy (non-hydrogen) atoms. The number of halogens is 2. The molecule has 2 N–H and O–H groups in total. The van der Waals surface area contributed by atoms with E-state index in [-0.39, 0.29) is 6.61 Å². The lowest BCUT2D eigenvalue weighted by Gasteiger charge is -2.36. The fourth-order valence-electron chi connectivity index (χ4n) is 5.17. The Morgan fingerprint density at radius 2 is 1.98 bits per heavy atom. The number of nitrogens with two attached hydrogens (primary N) is 1. The zero-order valence-electron chi connectivity index (χ0n) is 24.4. The molecule has 9 heteroatoms. The number of rotatable bonds is 12. The van der Waals surface area contributed by atoms with Crippen LogP contribution < -0.4 is 15.4 Å². The van der Waals surface area contributed by atoms with Crippen molar-refractivity contribution >= 4 is 23.2 Å². The number of pyridine rings is 1. The predicted molar refractivity (Wildman–Crippen MR) is 165 cm³/mol. The smallest absolute Gasteiger partial charge is 0.248 e. The van der Waals surface area contributed by atoms with Gasteiger partial charge < -0.3 is 20.1 Å². The second-order valence-electron chi connectivity index (χ2n) is 10.7. The Kier molecular flexibility index (Phi) is 10.6. The standard InChI is InChI=1S/C33H38ClFN4O3/c1-22(20-41-4)18-39(31-16-26(33(36)40)9-8-23(31)2)24(3)19-38-14-12-25(13-15-38)30-6-5-7-32(37-30)42-21-27-10-11-28(34)17-29(27)35/h5-11,16-17,20,25H,3,12-15,18-19,21H2,1-2,4H3,(H2,36,40)/b22-20+. The summed E-state index contributed by atoms with van der Waals surface area (Å²) in [7, 11) is 1.63. The van der Waals surface area contributed by atoms with Gasteiger partial charge in [-0.05, 0) is 81.2 Å². The molecule has 1 aliphatic heterocycles. The van der Waals surface area contributed by atoms with Gasteiger partial charge in [-0.2, -0.15) is 0 Å². The highest BCUT2D eigenvalue weighted by molar-refractivity contribution is 6.30. The number of carbonyl (C=O) groups is 1. The fraction of sp³-hybridized carbons (Fsp3) is 0.333. The third-order valence-corrected chi connectivity index (χ3v) is 7.68. The summed E-state index contributed by atoms with van der Waals surface area (Å²) in [6.07, 6.45) is 3.60. The van der Waals surface area contributed by atoms with Crippen LogP contribution >= 0.6 is 11.6 Å². The Labute approximate surface area is 252 Å². The number of amides is 1. The normalized spacial score (nSPS) is 14.5. The molecule has 4 rings (SSSR count). The highest BCUT2D eigenvalue weighted by atomic mass is 35.5. The number of piperidine rings is 1. The second kappa shape index (κ2) is 14.3. The molecule has 0 bridgehead atoms. The van der Waals surface area contributed by atoms with Gasteiger partial charge in [0.1, 0.15) is 12.4 Å². The van der Waals surface area contributed by atoms with Gasteiger partial charge in [0.25, 0.3) is 0 Å². The Morgan fingerprint density at radius 3 is 2.67 bits per heavy atom. The number of ether oxygens (including phenoxy) is 2. The van der Waals surface area contributed by atoms with Gasteiger partial charge in [-0.15, -0.1) is 0 Å². The minimum Gasteiger partial charge on any atom is -0.504 e. The third kappa shape index (κ3) is 8.11. The van der Waals surface area contributed by atoms with Crippen LogP contribution in [0.4, 0.5) is 10.1 Å². The van der Waals surface area contributed by atoms with E-state index in [1.54, 1.807) is 37.6 Å². The number of hydrogen-bond donors (Lipinski definition) is 1. The van der Waals surface area contributed by atoms with Crippen molar-refractivity contribution in [3.63, 3.8) is 0 Å². The number of nitrogens with zero attached hydrogens (tertiary/aromatic N) is 3. The molecule has 1 fully saturated rings. The molecule has 0 unspecified atom stereocenters. The van der Waals surface area contributed by atoms with E-state index in [1.165, 1.54) is 6.07 Å². The van der Waals surface area contributed by atoms with Gasteiger partial charge in [0, 0.05) is 58.3 Å². The Bertz CT molecular complexity index is 1450. The lowest BCUT2D eigenvalue weighted by molar-refractivity contribution is 0.100. The molecule has 1 aliphatic rings. The van der Waals surface area contributed by atoms with E-state index in [0.29, 0.717) is 41.0 Å². The second-order valence-corrected chi connectivity index (χ2v) is 11.1. The first-order chi connectivity index (χ1) is 20.1. The van der Waals surface area contributed by atoms with Crippen LogP contribution in [0.3, 0.4) is 0 Å². The highest BCUT2D eigenvalue weighted by Gasteiger charge is 2.24. The summed E-state index contributed by atoms with van der Waals surface area (Å²) in [5, 5.41) is 0.351. The monoisotopic (exact) mass is 592 g/mol. The summed E-state index contributed by atoms with van der Waals surface area (Å²) in [5.41, 5.74) is 11.3. The summed E-state index contributed by atoms with van der Waals surface area (Å²) in [6.45, 7) is 11.5. The Hall–Kier alpha value is -3.88. The molecule has 0 radical (unpaired) electrons. The zero-order valence-corrected chi connectivity index (χ0v) is 25.2. The van der Waals surface area contributed by atoms with Crippen molar-refractivity contribution in [3.8, 4) is 5.88 Å². The van der Waals surface area contributed by atoms with E-state index in [2.05, 4.69) is 16.4 Å². The van der Waals surface area contributed by atoms with Crippen LogP contribution in [-0.4, -0.2) is 49.1 Å². The average molecular weight is 593 g/mol. The quantitative estimate of drug-likeness (QED) is 0.238. The van der Waals surface area contributed by atoms with Crippen LogP contribution in [0.1, 0.15) is 52.9 Å². The number of benzene rings is 2. The maximum Gasteiger partial charge on any atom is 0.248 e. The summed E-state index contributed by atoms with van der Waals surface area (Å²) in [5.74, 6) is -0.0933. The van der Waals surface area contributed by atoms with Gasteiger partial charge in [0.15, 0.2) is 0 Å². The first-order valence-electron chi connectivity index (χ1n) is 13.9. The molecule has 2 aromatic carbocycles. The number of carbonyl (C=O) groups excluding carboxylic acids is 1. The maximum absolute atomic E-state index is 14.1. The fourth-order valence-corrected chi connectivity index (χ4v) is 5.33.